The number of alkyl halides is 1. The Morgan fingerprint density at radius 2 is 2.00 bits per heavy atom. The first-order chi connectivity index (χ1) is 4.57. The van der Waals surface area contributed by atoms with E-state index in [2.05, 4.69) is 0 Å². The summed E-state index contributed by atoms with van der Waals surface area (Å²) in [5.74, 6) is 0.622. The van der Waals surface area contributed by atoms with Crippen LogP contribution in [0.3, 0.4) is 0 Å². The third-order valence-electron chi connectivity index (χ3n) is 1.42. The Bertz CT molecular complexity index is 114. The van der Waals surface area contributed by atoms with Crippen LogP contribution in [0.25, 0.3) is 0 Å². The number of hydrogen-bond donors (Lipinski definition) is 0. The minimum Gasteiger partial charge on any atom is -0.259 e. The van der Waals surface area contributed by atoms with E-state index in [0.717, 1.165) is 6.42 Å². The Morgan fingerprint density at radius 1 is 1.50 bits per heavy atom. The molecule has 0 aromatic rings. The second-order valence-electron chi connectivity index (χ2n) is 2.55. The molecule has 0 saturated heterocycles. The van der Waals surface area contributed by atoms with E-state index in [4.69, 9.17) is 11.6 Å². The second-order valence-corrected chi connectivity index (χ2v) is 5.19. The molecule has 3 heteroatoms. The lowest BCUT2D eigenvalue weighted by Gasteiger charge is -2.08. The number of halogens is 1. The Hall–Kier alpha value is 0.440. The highest BCUT2D eigenvalue weighted by Crippen LogP contribution is 2.05. The maximum Gasteiger partial charge on any atom is 0.0423 e. The number of rotatable bonds is 4. The van der Waals surface area contributed by atoms with Crippen LogP contribution in [0, 0.1) is 0 Å². The van der Waals surface area contributed by atoms with Crippen molar-refractivity contribution in [1.29, 1.82) is 0 Å². The fourth-order valence-electron chi connectivity index (χ4n) is 0.577. The van der Waals surface area contributed by atoms with Crippen LogP contribution in [0.1, 0.15) is 27.2 Å². The van der Waals surface area contributed by atoms with E-state index in [0.29, 0.717) is 11.0 Å². The van der Waals surface area contributed by atoms with Gasteiger partial charge in [0.2, 0.25) is 0 Å². The molecule has 3 atom stereocenters. The molecule has 0 radical (unpaired) electrons. The van der Waals surface area contributed by atoms with Gasteiger partial charge in [-0.3, -0.25) is 4.21 Å². The van der Waals surface area contributed by atoms with E-state index in [1.807, 2.05) is 20.8 Å². The average Bonchev–Trinajstić information content (AvgIpc) is 1.85. The lowest BCUT2D eigenvalue weighted by molar-refractivity contribution is 0.669. The van der Waals surface area contributed by atoms with Gasteiger partial charge in [0.05, 0.1) is 0 Å². The molecule has 0 aliphatic heterocycles. The molecule has 0 aliphatic carbocycles. The Morgan fingerprint density at radius 3 is 2.30 bits per heavy atom. The molecule has 0 spiro atoms. The van der Waals surface area contributed by atoms with Gasteiger partial charge in [-0.2, -0.15) is 0 Å². The van der Waals surface area contributed by atoms with Crippen LogP contribution in [0.15, 0.2) is 0 Å². The van der Waals surface area contributed by atoms with Crippen molar-refractivity contribution in [2.75, 3.05) is 5.75 Å². The zero-order valence-electron chi connectivity index (χ0n) is 6.76. The molecule has 62 valence electrons. The molecular formula is C7H15ClOS. The summed E-state index contributed by atoms with van der Waals surface area (Å²) >= 11 is 5.68. The maximum absolute atomic E-state index is 11.2. The predicted octanol–water partition coefficient (Wildman–Crippen LogP) is 2.16. The van der Waals surface area contributed by atoms with E-state index in [1.165, 1.54) is 0 Å². The van der Waals surface area contributed by atoms with Gasteiger partial charge in [-0.1, -0.05) is 13.8 Å². The predicted molar refractivity (Wildman–Crippen MR) is 48.1 cm³/mol. The van der Waals surface area contributed by atoms with Gasteiger partial charge < -0.3 is 0 Å². The smallest absolute Gasteiger partial charge is 0.0423 e. The fourth-order valence-corrected chi connectivity index (χ4v) is 2.10. The summed E-state index contributed by atoms with van der Waals surface area (Å²) in [7, 11) is -0.727. The SMILES string of the molecule is CCC(C)S(=O)CC(C)Cl. The normalized spacial score (nSPS) is 20.0. The largest absolute Gasteiger partial charge is 0.259 e. The Balaban J connectivity index is 3.62. The van der Waals surface area contributed by atoms with Crippen molar-refractivity contribution >= 4 is 22.4 Å². The van der Waals surface area contributed by atoms with Gasteiger partial charge in [0.1, 0.15) is 0 Å². The Labute approximate surface area is 70.6 Å². The van der Waals surface area contributed by atoms with Crippen molar-refractivity contribution in [1.82, 2.24) is 0 Å². The van der Waals surface area contributed by atoms with Crippen molar-refractivity contribution < 1.29 is 4.21 Å². The van der Waals surface area contributed by atoms with E-state index in [1.54, 1.807) is 0 Å². The van der Waals surface area contributed by atoms with E-state index < -0.39 is 10.8 Å². The molecule has 0 heterocycles. The summed E-state index contributed by atoms with van der Waals surface area (Å²) in [6.45, 7) is 5.92. The monoisotopic (exact) mass is 182 g/mol. The third-order valence-corrected chi connectivity index (χ3v) is 3.81. The van der Waals surface area contributed by atoms with Crippen molar-refractivity contribution in [2.45, 2.75) is 37.8 Å². The van der Waals surface area contributed by atoms with Gasteiger partial charge in [-0.15, -0.1) is 11.6 Å². The quantitative estimate of drug-likeness (QED) is 0.610. The van der Waals surface area contributed by atoms with Gasteiger partial charge in [0, 0.05) is 27.2 Å². The first-order valence-electron chi connectivity index (χ1n) is 3.59. The molecule has 0 rings (SSSR count). The summed E-state index contributed by atoms with van der Waals surface area (Å²) in [5, 5.41) is 0.330. The first kappa shape index (κ1) is 10.4. The highest BCUT2D eigenvalue weighted by atomic mass is 35.5. The molecule has 0 fully saturated rings. The van der Waals surface area contributed by atoms with Gasteiger partial charge in [-0.05, 0) is 13.3 Å². The molecule has 0 aromatic carbocycles. The van der Waals surface area contributed by atoms with Crippen molar-refractivity contribution in [3.05, 3.63) is 0 Å². The highest BCUT2D eigenvalue weighted by molar-refractivity contribution is 7.85. The summed E-state index contributed by atoms with van der Waals surface area (Å²) in [6, 6.07) is 0. The van der Waals surface area contributed by atoms with Crippen molar-refractivity contribution in [2.24, 2.45) is 0 Å². The minimum absolute atomic E-state index is 0.0369. The standard InChI is InChI=1S/C7H15ClOS/c1-4-7(3)10(9)5-6(2)8/h6-7H,4-5H2,1-3H3. The molecule has 0 aromatic heterocycles. The van der Waals surface area contributed by atoms with Gasteiger partial charge in [0.15, 0.2) is 0 Å². The van der Waals surface area contributed by atoms with Crippen LogP contribution in [0.4, 0.5) is 0 Å². The molecule has 1 nitrogen and oxygen atoms in total. The van der Waals surface area contributed by atoms with Crippen molar-refractivity contribution in [3.8, 4) is 0 Å². The van der Waals surface area contributed by atoms with Crippen LogP contribution < -0.4 is 0 Å². The Kier molecular flexibility index (Phi) is 5.36. The fraction of sp³-hybridized carbons (Fsp3) is 1.00. The number of hydrogen-bond acceptors (Lipinski definition) is 1. The zero-order chi connectivity index (χ0) is 8.15. The second kappa shape index (κ2) is 5.14. The van der Waals surface area contributed by atoms with Crippen LogP contribution in [-0.2, 0) is 10.8 Å². The third kappa shape index (κ3) is 4.29. The topological polar surface area (TPSA) is 17.1 Å². The maximum atomic E-state index is 11.2. The first-order valence-corrected chi connectivity index (χ1v) is 5.41. The van der Waals surface area contributed by atoms with Crippen LogP contribution >= 0.6 is 11.6 Å². The highest BCUT2D eigenvalue weighted by Gasteiger charge is 2.10. The molecule has 0 bridgehead atoms. The van der Waals surface area contributed by atoms with Crippen LogP contribution in [0.5, 0.6) is 0 Å². The van der Waals surface area contributed by atoms with Crippen molar-refractivity contribution in [3.63, 3.8) is 0 Å². The summed E-state index contributed by atoms with van der Waals surface area (Å²) in [4.78, 5) is 0. The van der Waals surface area contributed by atoms with Crippen LogP contribution in [0.2, 0.25) is 0 Å². The van der Waals surface area contributed by atoms with Gasteiger partial charge >= 0.3 is 0 Å². The van der Waals surface area contributed by atoms with E-state index in [9.17, 15) is 4.21 Å². The van der Waals surface area contributed by atoms with E-state index in [-0.39, 0.29) is 5.38 Å². The van der Waals surface area contributed by atoms with Crippen LogP contribution in [-0.4, -0.2) is 20.6 Å². The summed E-state index contributed by atoms with van der Waals surface area (Å²) in [5.41, 5.74) is 0. The molecule has 10 heavy (non-hydrogen) atoms. The van der Waals surface area contributed by atoms with E-state index >= 15 is 0 Å². The zero-order valence-corrected chi connectivity index (χ0v) is 8.34. The summed E-state index contributed by atoms with van der Waals surface area (Å²) < 4.78 is 11.2. The lowest BCUT2D eigenvalue weighted by Crippen LogP contribution is -2.17. The molecule has 0 saturated carbocycles. The average molecular weight is 183 g/mol. The lowest BCUT2D eigenvalue weighted by atomic mass is 10.4. The van der Waals surface area contributed by atoms with Gasteiger partial charge in [-0.25, -0.2) is 0 Å². The summed E-state index contributed by atoms with van der Waals surface area (Å²) in [6.07, 6.45) is 0.968. The molecule has 0 aliphatic rings. The minimum atomic E-state index is -0.727. The van der Waals surface area contributed by atoms with Gasteiger partial charge in [0.25, 0.3) is 0 Å². The molecule has 3 unspecified atom stereocenters. The molecule has 0 N–H and O–H groups in total. The molecule has 0 amide bonds. The molecular weight excluding hydrogens is 168 g/mol.